The number of sulfone groups is 1. The summed E-state index contributed by atoms with van der Waals surface area (Å²) in [5.74, 6) is -0.662. The second kappa shape index (κ2) is 4.20. The van der Waals surface area contributed by atoms with Crippen molar-refractivity contribution in [1.29, 1.82) is 0 Å². The molecule has 0 bridgehead atoms. The van der Waals surface area contributed by atoms with Crippen LogP contribution in [0.5, 0.6) is 0 Å². The monoisotopic (exact) mass is 248 g/mol. The Balaban J connectivity index is 3.43. The molecule has 0 amide bonds. The van der Waals surface area contributed by atoms with E-state index in [-0.39, 0.29) is 15.5 Å². The third-order valence-electron chi connectivity index (χ3n) is 1.77. The van der Waals surface area contributed by atoms with Crippen molar-refractivity contribution in [2.24, 2.45) is 0 Å². The third kappa shape index (κ3) is 2.49. The molecule has 0 spiro atoms. The Hall–Kier alpha value is -1.07. The number of hydrogen-bond donors (Lipinski definition) is 0. The van der Waals surface area contributed by atoms with Gasteiger partial charge in [0.05, 0.1) is 22.6 Å². The van der Waals surface area contributed by atoms with Gasteiger partial charge in [0.15, 0.2) is 9.84 Å². The molecule has 0 N–H and O–H groups in total. The number of carbonyl (C=O) groups excluding carboxylic acids is 1. The summed E-state index contributed by atoms with van der Waals surface area (Å²) in [5, 5.41) is -0.105. The highest BCUT2D eigenvalue weighted by molar-refractivity contribution is 7.90. The first-order valence-electron chi connectivity index (χ1n) is 3.95. The third-order valence-corrected chi connectivity index (χ3v) is 3.43. The van der Waals surface area contributed by atoms with Crippen molar-refractivity contribution in [3.05, 3.63) is 28.8 Å². The molecule has 0 unspecified atom stereocenters. The lowest BCUT2D eigenvalue weighted by Crippen LogP contribution is -2.06. The predicted octanol–water partition coefficient (Wildman–Crippen LogP) is 1.53. The minimum absolute atomic E-state index is 0.0436. The summed E-state index contributed by atoms with van der Waals surface area (Å²) in [6, 6.07) is 4.18. The Morgan fingerprint density at radius 2 is 2.00 bits per heavy atom. The summed E-state index contributed by atoms with van der Waals surface area (Å²) in [7, 11) is -2.24. The summed E-state index contributed by atoms with van der Waals surface area (Å²) in [6.45, 7) is 0. The highest BCUT2D eigenvalue weighted by Crippen LogP contribution is 2.25. The van der Waals surface area contributed by atoms with E-state index in [4.69, 9.17) is 11.6 Å². The lowest BCUT2D eigenvalue weighted by Gasteiger charge is -2.05. The first-order valence-corrected chi connectivity index (χ1v) is 6.21. The van der Waals surface area contributed by atoms with Crippen LogP contribution in [0.4, 0.5) is 0 Å². The van der Waals surface area contributed by atoms with Crippen molar-refractivity contribution < 1.29 is 17.9 Å². The number of carbonyl (C=O) groups is 1. The van der Waals surface area contributed by atoms with Gasteiger partial charge in [0.25, 0.3) is 0 Å². The zero-order chi connectivity index (χ0) is 11.6. The second-order valence-corrected chi connectivity index (χ2v) is 5.24. The Morgan fingerprint density at radius 1 is 1.40 bits per heavy atom. The SMILES string of the molecule is COC(=O)c1cccc(S(C)(=O)=O)c1Cl. The van der Waals surface area contributed by atoms with Crippen LogP contribution in [0.25, 0.3) is 0 Å². The van der Waals surface area contributed by atoms with E-state index in [1.54, 1.807) is 0 Å². The van der Waals surface area contributed by atoms with Crippen LogP contribution in [0, 0.1) is 0 Å². The minimum atomic E-state index is -3.44. The number of halogens is 1. The zero-order valence-electron chi connectivity index (χ0n) is 8.15. The maximum Gasteiger partial charge on any atom is 0.339 e. The Kier molecular flexibility index (Phi) is 3.36. The smallest absolute Gasteiger partial charge is 0.339 e. The van der Waals surface area contributed by atoms with Crippen molar-refractivity contribution in [2.45, 2.75) is 4.90 Å². The molecule has 0 aliphatic heterocycles. The maximum absolute atomic E-state index is 11.3. The highest BCUT2D eigenvalue weighted by Gasteiger charge is 2.18. The van der Waals surface area contributed by atoms with Gasteiger partial charge in [-0.3, -0.25) is 0 Å². The van der Waals surface area contributed by atoms with Gasteiger partial charge >= 0.3 is 5.97 Å². The molecular weight excluding hydrogens is 240 g/mol. The fraction of sp³-hybridized carbons (Fsp3) is 0.222. The van der Waals surface area contributed by atoms with Gasteiger partial charge in [0.2, 0.25) is 0 Å². The molecule has 0 heterocycles. The molecule has 1 rings (SSSR count). The molecule has 0 radical (unpaired) electrons. The number of benzene rings is 1. The van der Waals surface area contributed by atoms with Gasteiger partial charge in [0, 0.05) is 6.26 Å². The molecule has 6 heteroatoms. The van der Waals surface area contributed by atoms with Crippen LogP contribution < -0.4 is 0 Å². The number of esters is 1. The second-order valence-electron chi connectivity index (χ2n) is 2.88. The zero-order valence-corrected chi connectivity index (χ0v) is 9.72. The first kappa shape index (κ1) is 12.0. The molecular formula is C9H9ClO4S. The van der Waals surface area contributed by atoms with Gasteiger partial charge in [0.1, 0.15) is 0 Å². The van der Waals surface area contributed by atoms with Crippen molar-refractivity contribution in [3.8, 4) is 0 Å². The summed E-state index contributed by atoms with van der Waals surface area (Å²) < 4.78 is 27.0. The maximum atomic E-state index is 11.3. The Morgan fingerprint density at radius 3 is 2.47 bits per heavy atom. The number of hydrogen-bond acceptors (Lipinski definition) is 4. The van der Waals surface area contributed by atoms with Gasteiger partial charge in [-0.25, -0.2) is 13.2 Å². The van der Waals surface area contributed by atoms with E-state index in [0.717, 1.165) is 6.26 Å². The van der Waals surface area contributed by atoms with Gasteiger partial charge in [-0.15, -0.1) is 0 Å². The average molecular weight is 249 g/mol. The Labute approximate surface area is 92.7 Å². The summed E-state index contributed by atoms with van der Waals surface area (Å²) in [4.78, 5) is 11.1. The number of rotatable bonds is 2. The molecule has 0 saturated carbocycles. The first-order chi connectivity index (χ1) is 6.88. The van der Waals surface area contributed by atoms with Crippen LogP contribution in [-0.4, -0.2) is 27.8 Å². The fourth-order valence-corrected chi connectivity index (χ4v) is 2.45. The molecule has 15 heavy (non-hydrogen) atoms. The van der Waals surface area contributed by atoms with Gasteiger partial charge in [-0.05, 0) is 12.1 Å². The van der Waals surface area contributed by atoms with Crippen LogP contribution >= 0.6 is 11.6 Å². The predicted molar refractivity (Wildman–Crippen MR) is 55.9 cm³/mol. The molecule has 1 aromatic rings. The highest BCUT2D eigenvalue weighted by atomic mass is 35.5. The van der Waals surface area contributed by atoms with Gasteiger partial charge in [-0.1, -0.05) is 17.7 Å². The van der Waals surface area contributed by atoms with Crippen molar-refractivity contribution in [2.75, 3.05) is 13.4 Å². The standard InChI is InChI=1S/C9H9ClO4S/c1-14-9(11)6-4-3-5-7(8(6)10)15(2,12)13/h3-5H,1-2H3. The summed E-state index contributed by atoms with van der Waals surface area (Å²) in [5.41, 5.74) is 0.0436. The molecule has 0 saturated heterocycles. The van der Waals surface area contributed by atoms with Crippen LogP contribution in [0.2, 0.25) is 5.02 Å². The van der Waals surface area contributed by atoms with E-state index in [1.165, 1.54) is 25.3 Å². The van der Waals surface area contributed by atoms with Gasteiger partial charge < -0.3 is 4.74 Å². The molecule has 0 aliphatic carbocycles. The number of methoxy groups -OCH3 is 1. The van der Waals surface area contributed by atoms with Crippen molar-refractivity contribution in [3.63, 3.8) is 0 Å². The summed E-state index contributed by atoms with van der Waals surface area (Å²) >= 11 is 5.79. The molecule has 0 aromatic heterocycles. The summed E-state index contributed by atoms with van der Waals surface area (Å²) in [6.07, 6.45) is 1.02. The fourth-order valence-electron chi connectivity index (χ4n) is 1.06. The van der Waals surface area contributed by atoms with E-state index < -0.39 is 15.8 Å². The van der Waals surface area contributed by atoms with E-state index in [1.807, 2.05) is 0 Å². The topological polar surface area (TPSA) is 60.4 Å². The molecule has 0 fully saturated rings. The lowest BCUT2D eigenvalue weighted by molar-refractivity contribution is 0.0600. The largest absolute Gasteiger partial charge is 0.465 e. The molecule has 0 aliphatic rings. The van der Waals surface area contributed by atoms with E-state index in [0.29, 0.717) is 0 Å². The van der Waals surface area contributed by atoms with E-state index >= 15 is 0 Å². The average Bonchev–Trinajstić information content (AvgIpc) is 2.15. The number of ether oxygens (including phenoxy) is 1. The molecule has 82 valence electrons. The van der Waals surface area contributed by atoms with Gasteiger partial charge in [-0.2, -0.15) is 0 Å². The molecule has 4 nitrogen and oxygen atoms in total. The normalized spacial score (nSPS) is 11.1. The van der Waals surface area contributed by atoms with E-state index in [9.17, 15) is 13.2 Å². The van der Waals surface area contributed by atoms with Crippen molar-refractivity contribution in [1.82, 2.24) is 0 Å². The lowest BCUT2D eigenvalue weighted by atomic mass is 10.2. The van der Waals surface area contributed by atoms with Crippen LogP contribution in [0.3, 0.4) is 0 Å². The quantitative estimate of drug-likeness (QED) is 0.745. The molecule has 1 aromatic carbocycles. The van der Waals surface area contributed by atoms with Crippen LogP contribution in [-0.2, 0) is 14.6 Å². The van der Waals surface area contributed by atoms with Crippen molar-refractivity contribution >= 4 is 27.4 Å². The van der Waals surface area contributed by atoms with Crippen LogP contribution in [0.15, 0.2) is 23.1 Å². The molecule has 0 atom stereocenters. The minimum Gasteiger partial charge on any atom is -0.465 e. The van der Waals surface area contributed by atoms with E-state index in [2.05, 4.69) is 4.74 Å². The van der Waals surface area contributed by atoms with Crippen LogP contribution in [0.1, 0.15) is 10.4 Å². The Bertz CT molecular complexity index is 493.